The Morgan fingerprint density at radius 2 is 1.39 bits per heavy atom. The number of carbonyl (C=O) groups is 2. The molecule has 0 amide bonds. The highest BCUT2D eigenvalue weighted by atomic mass is 19.4. The summed E-state index contributed by atoms with van der Waals surface area (Å²) in [6, 6.07) is 0. The highest BCUT2D eigenvalue weighted by Gasteiger charge is 2.71. The summed E-state index contributed by atoms with van der Waals surface area (Å²) in [5.41, 5.74) is -0.488. The standard InChI is InChI=1S/C34H48F6O4/c1-19(2)20-10-15-32(18-43-26(41)33(35,36)37)17-16-30(6)21(25(20)32)8-9-23-29(5)13-12-24(44-27(42)34(38,39)40)28(3,4)22(29)11-14-31(23,30)7/h20-25H,1,8-18H2,2-7H3/t20-,21+,22-,23+,24-,25+,29-,30+,31+,32+/m0/s1. The minimum absolute atomic E-state index is 0.0667. The molecule has 0 N–H and O–H groups in total. The highest BCUT2D eigenvalue weighted by molar-refractivity contribution is 5.76. The summed E-state index contributed by atoms with van der Waals surface area (Å²) >= 11 is 0. The van der Waals surface area contributed by atoms with E-state index in [9.17, 15) is 35.9 Å². The summed E-state index contributed by atoms with van der Waals surface area (Å²) in [6.45, 7) is 17.0. The van der Waals surface area contributed by atoms with E-state index in [0.29, 0.717) is 31.6 Å². The largest absolute Gasteiger partial charge is 0.490 e. The lowest BCUT2D eigenvalue weighted by atomic mass is 9.32. The van der Waals surface area contributed by atoms with Crippen LogP contribution >= 0.6 is 0 Å². The monoisotopic (exact) mass is 634 g/mol. The lowest BCUT2D eigenvalue weighted by Crippen LogP contribution is -2.67. The maximum atomic E-state index is 13.1. The Kier molecular flexibility index (Phi) is 7.93. The zero-order valence-corrected chi connectivity index (χ0v) is 26.9. The molecule has 0 aromatic rings. The van der Waals surface area contributed by atoms with Crippen molar-refractivity contribution in [2.75, 3.05) is 6.61 Å². The molecule has 5 saturated carbocycles. The second-order valence-corrected chi connectivity index (χ2v) is 16.4. The molecule has 0 aromatic heterocycles. The molecule has 0 aliphatic heterocycles. The smallest absolute Gasteiger partial charge is 0.458 e. The van der Waals surface area contributed by atoms with Gasteiger partial charge in [-0.2, -0.15) is 26.3 Å². The first-order valence-electron chi connectivity index (χ1n) is 16.2. The van der Waals surface area contributed by atoms with E-state index in [-0.39, 0.29) is 46.5 Å². The first kappa shape index (κ1) is 33.6. The van der Waals surface area contributed by atoms with Crippen LogP contribution in [0, 0.1) is 56.7 Å². The van der Waals surface area contributed by atoms with Crippen LogP contribution in [0.3, 0.4) is 0 Å². The SMILES string of the molecule is C=C(C)[C@@H]1CC[C@]2(COC(=O)C(F)(F)F)CC[C@]3(C)[C@H](CC[C@@H]4[C@@]5(C)CC[C@H](OC(=O)C(F)(F)F)C(C)(C)[C@@H]5CC[C@]43C)[C@@H]12. The predicted octanol–water partition coefficient (Wildman–Crippen LogP) is 9.22. The predicted molar refractivity (Wildman–Crippen MR) is 152 cm³/mol. The average Bonchev–Trinajstić information content (AvgIpc) is 3.28. The summed E-state index contributed by atoms with van der Waals surface area (Å²) in [6.07, 6.45) is -3.27. The van der Waals surface area contributed by atoms with Crippen molar-refractivity contribution in [3.63, 3.8) is 0 Å². The van der Waals surface area contributed by atoms with Gasteiger partial charge in [0.25, 0.3) is 0 Å². The van der Waals surface area contributed by atoms with Gasteiger partial charge < -0.3 is 9.47 Å². The molecule has 5 rings (SSSR count). The van der Waals surface area contributed by atoms with Crippen LogP contribution in [0.1, 0.15) is 106 Å². The molecule has 0 aromatic carbocycles. The molecule has 0 bridgehead atoms. The van der Waals surface area contributed by atoms with Crippen molar-refractivity contribution in [1.82, 2.24) is 0 Å². The van der Waals surface area contributed by atoms with E-state index in [2.05, 4.69) is 27.4 Å². The normalized spacial score (nSPS) is 44.8. The maximum absolute atomic E-state index is 13.1. The van der Waals surface area contributed by atoms with E-state index >= 15 is 0 Å². The fraction of sp³-hybridized carbons (Fsp3) is 0.882. The molecule has 10 atom stereocenters. The second kappa shape index (κ2) is 10.4. The van der Waals surface area contributed by atoms with Gasteiger partial charge in [-0.15, -0.1) is 0 Å². The third-order valence-electron chi connectivity index (χ3n) is 14.4. The van der Waals surface area contributed by atoms with Crippen LogP contribution in [0.5, 0.6) is 0 Å². The minimum atomic E-state index is -5.03. The number of fused-ring (bicyclic) bond motifs is 7. The van der Waals surface area contributed by atoms with E-state index in [1.807, 2.05) is 20.8 Å². The van der Waals surface area contributed by atoms with Gasteiger partial charge in [-0.05, 0) is 117 Å². The van der Waals surface area contributed by atoms with Crippen LogP contribution in [0.25, 0.3) is 0 Å². The number of hydrogen-bond donors (Lipinski definition) is 0. The molecule has 5 aliphatic rings. The number of allylic oxidation sites excluding steroid dienone is 1. The van der Waals surface area contributed by atoms with Crippen LogP contribution in [0.15, 0.2) is 12.2 Å². The topological polar surface area (TPSA) is 52.6 Å². The van der Waals surface area contributed by atoms with Crippen molar-refractivity contribution >= 4 is 11.9 Å². The molecule has 5 fully saturated rings. The molecule has 0 saturated heterocycles. The zero-order valence-electron chi connectivity index (χ0n) is 26.9. The first-order chi connectivity index (χ1) is 20.0. The van der Waals surface area contributed by atoms with E-state index in [0.717, 1.165) is 44.1 Å². The average molecular weight is 635 g/mol. The van der Waals surface area contributed by atoms with Crippen molar-refractivity contribution in [3.8, 4) is 0 Å². The Balaban J connectivity index is 1.44. The fourth-order valence-corrected chi connectivity index (χ4v) is 12.2. The van der Waals surface area contributed by atoms with Crippen molar-refractivity contribution in [2.45, 2.75) is 124 Å². The summed E-state index contributed by atoms with van der Waals surface area (Å²) in [5.74, 6) is -3.43. The Hall–Kier alpha value is -1.74. The summed E-state index contributed by atoms with van der Waals surface area (Å²) < 4.78 is 88.8. The zero-order chi connectivity index (χ0) is 32.9. The first-order valence-corrected chi connectivity index (χ1v) is 16.2. The van der Waals surface area contributed by atoms with E-state index in [1.54, 1.807) is 0 Å². The molecule has 44 heavy (non-hydrogen) atoms. The molecule has 0 spiro atoms. The van der Waals surface area contributed by atoms with E-state index in [4.69, 9.17) is 9.47 Å². The van der Waals surface area contributed by atoms with Gasteiger partial charge in [0.1, 0.15) is 6.10 Å². The molecule has 10 heteroatoms. The Morgan fingerprint density at radius 3 is 1.98 bits per heavy atom. The van der Waals surface area contributed by atoms with Crippen LogP contribution in [-0.2, 0) is 19.1 Å². The Bertz CT molecular complexity index is 1190. The van der Waals surface area contributed by atoms with Crippen LogP contribution in [-0.4, -0.2) is 37.0 Å². The molecular formula is C34H48F6O4. The molecule has 0 heterocycles. The van der Waals surface area contributed by atoms with Crippen LogP contribution < -0.4 is 0 Å². The molecule has 250 valence electrons. The van der Waals surface area contributed by atoms with Crippen LogP contribution in [0.4, 0.5) is 26.3 Å². The molecule has 0 unspecified atom stereocenters. The number of hydrogen-bond acceptors (Lipinski definition) is 4. The Labute approximate surface area is 257 Å². The van der Waals surface area contributed by atoms with Gasteiger partial charge in [0, 0.05) is 10.8 Å². The van der Waals surface area contributed by atoms with Crippen molar-refractivity contribution in [1.29, 1.82) is 0 Å². The number of alkyl halides is 6. The van der Waals surface area contributed by atoms with Crippen molar-refractivity contribution < 1.29 is 45.4 Å². The van der Waals surface area contributed by atoms with Gasteiger partial charge in [0.15, 0.2) is 0 Å². The second-order valence-electron chi connectivity index (χ2n) is 16.4. The fourth-order valence-electron chi connectivity index (χ4n) is 12.2. The number of rotatable bonds is 4. The molecular weight excluding hydrogens is 586 g/mol. The van der Waals surface area contributed by atoms with Crippen molar-refractivity contribution in [3.05, 3.63) is 12.2 Å². The minimum Gasteiger partial charge on any atom is -0.458 e. The van der Waals surface area contributed by atoms with E-state index in [1.165, 1.54) is 0 Å². The molecule has 0 radical (unpaired) electrons. The van der Waals surface area contributed by atoms with Gasteiger partial charge in [-0.25, -0.2) is 9.59 Å². The van der Waals surface area contributed by atoms with Gasteiger partial charge in [-0.3, -0.25) is 0 Å². The third kappa shape index (κ3) is 4.84. The van der Waals surface area contributed by atoms with Crippen molar-refractivity contribution in [2.24, 2.45) is 56.7 Å². The number of carbonyl (C=O) groups excluding carboxylic acids is 2. The van der Waals surface area contributed by atoms with Gasteiger partial charge >= 0.3 is 24.3 Å². The molecule has 4 nitrogen and oxygen atoms in total. The lowest BCUT2D eigenvalue weighted by molar-refractivity contribution is -0.258. The van der Waals surface area contributed by atoms with E-state index < -0.39 is 41.2 Å². The maximum Gasteiger partial charge on any atom is 0.490 e. The number of esters is 2. The quantitative estimate of drug-likeness (QED) is 0.176. The van der Waals surface area contributed by atoms with Gasteiger partial charge in [0.2, 0.25) is 0 Å². The Morgan fingerprint density at radius 1 is 0.750 bits per heavy atom. The summed E-state index contributed by atoms with van der Waals surface area (Å²) in [7, 11) is 0. The van der Waals surface area contributed by atoms with Gasteiger partial charge in [0.05, 0.1) is 6.61 Å². The number of halogens is 6. The summed E-state index contributed by atoms with van der Waals surface area (Å²) in [5, 5.41) is 0. The number of ether oxygens (including phenoxy) is 2. The van der Waals surface area contributed by atoms with Crippen LogP contribution in [0.2, 0.25) is 0 Å². The third-order valence-corrected chi connectivity index (χ3v) is 14.4. The van der Waals surface area contributed by atoms with Gasteiger partial charge in [-0.1, -0.05) is 46.8 Å². The highest BCUT2D eigenvalue weighted by Crippen LogP contribution is 2.77. The summed E-state index contributed by atoms with van der Waals surface area (Å²) in [4.78, 5) is 23.6. The molecule has 5 aliphatic carbocycles. The lowest BCUT2D eigenvalue weighted by Gasteiger charge is -2.73.